The van der Waals surface area contributed by atoms with E-state index in [0.29, 0.717) is 16.8 Å². The number of hydrogen-bond acceptors (Lipinski definition) is 8. The SMILES string of the molecule is C=C1C[C@H](NC(C)=O)C(=O)Nc2ccc(cc2)C[C@@H](C(=O)O)NC(=O)[C@@H](Cc2ccccc2)NC(=O)[C@H](Cc2ccc(-c3ccccc3)cc2)NC(=O)[C@@H](Cc2cccs2)N1. The number of thiophene rings is 1. The summed E-state index contributed by atoms with van der Waals surface area (Å²) in [6.45, 7) is 5.40. The van der Waals surface area contributed by atoms with E-state index in [1.807, 2.05) is 78.2 Å². The zero-order valence-corrected chi connectivity index (χ0v) is 34.4. The number of rotatable bonds is 9. The van der Waals surface area contributed by atoms with Gasteiger partial charge >= 0.3 is 5.97 Å². The zero-order valence-electron chi connectivity index (χ0n) is 33.6. The Balaban J connectivity index is 1.37. The fourth-order valence-corrected chi connectivity index (χ4v) is 7.77. The van der Waals surface area contributed by atoms with Crippen LogP contribution in [0.15, 0.2) is 139 Å². The van der Waals surface area contributed by atoms with E-state index < -0.39 is 65.7 Å². The van der Waals surface area contributed by atoms with Gasteiger partial charge in [-0.1, -0.05) is 110 Å². The van der Waals surface area contributed by atoms with Crippen LogP contribution in [0.4, 0.5) is 5.69 Å². The first kappa shape index (κ1) is 43.5. The second kappa shape index (κ2) is 20.8. The van der Waals surface area contributed by atoms with Gasteiger partial charge in [-0.3, -0.25) is 24.0 Å². The first-order valence-corrected chi connectivity index (χ1v) is 20.7. The Labute approximate surface area is 358 Å². The van der Waals surface area contributed by atoms with Crippen LogP contribution >= 0.6 is 11.3 Å². The molecule has 61 heavy (non-hydrogen) atoms. The molecule has 0 unspecified atom stereocenters. The number of carbonyl (C=O) groups excluding carboxylic acids is 5. The number of amides is 5. The number of carboxylic acid groups (broad SMARTS) is 1. The molecule has 0 saturated heterocycles. The summed E-state index contributed by atoms with van der Waals surface area (Å²) in [5.74, 6) is -4.25. The van der Waals surface area contributed by atoms with Crippen LogP contribution in [0.25, 0.3) is 11.1 Å². The van der Waals surface area contributed by atoms with Crippen molar-refractivity contribution < 1.29 is 33.9 Å². The van der Waals surface area contributed by atoms with Crippen LogP contribution in [0.2, 0.25) is 0 Å². The fraction of sp³-hybridized carbons (Fsp3) is 0.234. The Bertz CT molecular complexity index is 2320. The molecular formula is C47H48N6O7S. The number of benzene rings is 4. The molecule has 2 bridgehead atoms. The van der Waals surface area contributed by atoms with Crippen molar-refractivity contribution in [3.05, 3.63) is 161 Å². The molecule has 0 spiro atoms. The van der Waals surface area contributed by atoms with Crippen molar-refractivity contribution in [2.24, 2.45) is 0 Å². The van der Waals surface area contributed by atoms with Crippen molar-refractivity contribution in [3.63, 3.8) is 0 Å². The van der Waals surface area contributed by atoms with Crippen molar-refractivity contribution in [1.29, 1.82) is 0 Å². The highest BCUT2D eigenvalue weighted by Crippen LogP contribution is 2.21. The summed E-state index contributed by atoms with van der Waals surface area (Å²) in [5.41, 5.74) is 4.61. The average Bonchev–Trinajstić information content (AvgIpc) is 3.76. The third-order valence-corrected chi connectivity index (χ3v) is 11.0. The van der Waals surface area contributed by atoms with Gasteiger partial charge in [0.05, 0.1) is 0 Å². The number of carboxylic acids is 1. The molecule has 14 heteroatoms. The molecule has 13 nitrogen and oxygen atoms in total. The van der Waals surface area contributed by atoms with Crippen LogP contribution in [-0.2, 0) is 54.5 Å². The molecule has 7 N–H and O–H groups in total. The molecule has 5 amide bonds. The number of fused-ring (bicyclic) bond motifs is 18. The van der Waals surface area contributed by atoms with Crippen LogP contribution in [0.3, 0.4) is 0 Å². The van der Waals surface area contributed by atoms with Crippen molar-refractivity contribution in [2.75, 3.05) is 5.32 Å². The third kappa shape index (κ3) is 12.7. The minimum Gasteiger partial charge on any atom is -0.480 e. The maximum Gasteiger partial charge on any atom is 0.326 e. The van der Waals surface area contributed by atoms with Crippen LogP contribution in [0, 0.1) is 0 Å². The smallest absolute Gasteiger partial charge is 0.326 e. The standard InChI is InChI=1S/C47H48N6O7S/c1-29-24-38(49-30(2)54)43(55)50-36-21-17-33(18-22-36)27-42(47(59)60)53-45(57)39(25-31-10-5-3-6-11-31)51-44(56)40(52-46(58)41(48-29)28-37-14-9-23-61-37)26-32-15-19-35(20-16-32)34-12-7-4-8-13-34/h3-23,38-42,48H,1,24-28H2,2H3,(H,49,54)(H,50,55)(H,51,56)(H,52,58)(H,53,57)(H,59,60)/t38-,39+,40-,41+,42-/m0/s1. The molecule has 3 heterocycles. The quantitative estimate of drug-likeness (QED) is 0.105. The molecular weight excluding hydrogens is 793 g/mol. The Hall–Kier alpha value is -7.06. The predicted molar refractivity (Wildman–Crippen MR) is 234 cm³/mol. The highest BCUT2D eigenvalue weighted by molar-refractivity contribution is 7.09. The summed E-state index contributed by atoms with van der Waals surface area (Å²) in [7, 11) is 0. The van der Waals surface area contributed by atoms with E-state index in [9.17, 15) is 33.9 Å². The molecule has 0 fully saturated rings. The second-order valence-corrected chi connectivity index (χ2v) is 15.9. The minimum absolute atomic E-state index is 0.0312. The van der Waals surface area contributed by atoms with Gasteiger partial charge in [0.1, 0.15) is 30.2 Å². The minimum atomic E-state index is -1.38. The van der Waals surface area contributed by atoms with E-state index in [4.69, 9.17) is 0 Å². The van der Waals surface area contributed by atoms with E-state index in [1.165, 1.54) is 18.3 Å². The van der Waals surface area contributed by atoms with Gasteiger partial charge in [-0.05, 0) is 51.4 Å². The molecule has 0 saturated carbocycles. The maximum atomic E-state index is 14.5. The monoisotopic (exact) mass is 840 g/mol. The fourth-order valence-electron chi connectivity index (χ4n) is 7.02. The molecule has 5 atom stereocenters. The van der Waals surface area contributed by atoms with Gasteiger partial charge in [0.2, 0.25) is 29.5 Å². The lowest BCUT2D eigenvalue weighted by Gasteiger charge is -2.27. The summed E-state index contributed by atoms with van der Waals surface area (Å²) >= 11 is 1.44. The van der Waals surface area contributed by atoms with E-state index in [0.717, 1.165) is 21.6 Å². The Morgan fingerprint density at radius 3 is 1.77 bits per heavy atom. The number of nitrogens with one attached hydrogen (secondary N) is 6. The molecule has 314 valence electrons. The topological polar surface area (TPSA) is 195 Å². The van der Waals surface area contributed by atoms with E-state index in [1.54, 1.807) is 48.5 Å². The van der Waals surface area contributed by atoms with Gasteiger partial charge in [-0.2, -0.15) is 0 Å². The van der Waals surface area contributed by atoms with E-state index in [2.05, 4.69) is 38.5 Å². The molecule has 2 aliphatic rings. The third-order valence-electron chi connectivity index (χ3n) is 10.2. The summed E-state index contributed by atoms with van der Waals surface area (Å²) in [6, 6.07) is 30.7. The molecule has 4 aromatic carbocycles. The van der Waals surface area contributed by atoms with Crippen LogP contribution in [0.5, 0.6) is 0 Å². The molecule has 0 aliphatic carbocycles. The molecule has 2 aliphatic heterocycles. The van der Waals surface area contributed by atoms with Crippen LogP contribution < -0.4 is 31.9 Å². The summed E-state index contributed by atoms with van der Waals surface area (Å²) in [6.07, 6.45) is 0.0810. The average molecular weight is 841 g/mol. The second-order valence-electron chi connectivity index (χ2n) is 14.9. The lowest BCUT2D eigenvalue weighted by Crippen LogP contribution is -2.58. The van der Waals surface area contributed by atoms with Crippen LogP contribution in [0.1, 0.15) is 34.9 Å². The van der Waals surface area contributed by atoms with Crippen molar-refractivity contribution >= 4 is 52.5 Å². The number of aliphatic carboxylic acids is 1. The van der Waals surface area contributed by atoms with Gasteiger partial charge in [0.15, 0.2) is 0 Å². The number of anilines is 1. The van der Waals surface area contributed by atoms with Gasteiger partial charge in [0.25, 0.3) is 0 Å². The summed E-state index contributed by atoms with van der Waals surface area (Å²) < 4.78 is 0. The highest BCUT2D eigenvalue weighted by Gasteiger charge is 2.32. The predicted octanol–water partition coefficient (Wildman–Crippen LogP) is 4.54. The van der Waals surface area contributed by atoms with Crippen molar-refractivity contribution in [1.82, 2.24) is 26.6 Å². The summed E-state index contributed by atoms with van der Waals surface area (Å²) in [4.78, 5) is 82.3. The van der Waals surface area contributed by atoms with E-state index in [-0.39, 0.29) is 37.8 Å². The largest absolute Gasteiger partial charge is 0.480 e. The zero-order chi connectivity index (χ0) is 43.3. The first-order valence-electron chi connectivity index (χ1n) is 19.9. The normalized spacial score (nSPS) is 20.5. The Morgan fingerprint density at radius 1 is 0.639 bits per heavy atom. The maximum absolute atomic E-state index is 14.5. The van der Waals surface area contributed by atoms with Gasteiger partial charge in [0, 0.05) is 55.3 Å². The lowest BCUT2D eigenvalue weighted by atomic mass is 9.99. The van der Waals surface area contributed by atoms with Crippen molar-refractivity contribution in [2.45, 2.75) is 69.2 Å². The van der Waals surface area contributed by atoms with Gasteiger partial charge in [-0.25, -0.2) is 4.79 Å². The van der Waals surface area contributed by atoms with Crippen molar-refractivity contribution in [3.8, 4) is 11.1 Å². The number of hydrogen-bond donors (Lipinski definition) is 7. The van der Waals surface area contributed by atoms with Gasteiger partial charge in [-0.15, -0.1) is 11.3 Å². The van der Waals surface area contributed by atoms with E-state index >= 15 is 0 Å². The molecule has 0 radical (unpaired) electrons. The lowest BCUT2D eigenvalue weighted by molar-refractivity contribution is -0.142. The first-order chi connectivity index (χ1) is 29.4. The molecule has 5 aromatic rings. The van der Waals surface area contributed by atoms with Crippen LogP contribution in [-0.4, -0.2) is 70.8 Å². The summed E-state index contributed by atoms with van der Waals surface area (Å²) in [5, 5.41) is 29.1. The Morgan fingerprint density at radius 2 is 1.20 bits per heavy atom. The van der Waals surface area contributed by atoms with Gasteiger partial charge < -0.3 is 37.0 Å². The highest BCUT2D eigenvalue weighted by atomic mass is 32.1. The Kier molecular flexibility index (Phi) is 14.8. The number of carbonyl (C=O) groups is 6. The molecule has 7 rings (SSSR count). The molecule has 1 aromatic heterocycles.